The van der Waals surface area contributed by atoms with Crippen molar-refractivity contribution in [3.63, 3.8) is 0 Å². The number of nitrogens with zero attached hydrogens (tertiary/aromatic N) is 2. The lowest BCUT2D eigenvalue weighted by atomic mass is 10.3. The maximum absolute atomic E-state index is 10.9. The number of hydrogen-bond acceptors (Lipinski definition) is 6. The van der Waals surface area contributed by atoms with Crippen LogP contribution in [0.15, 0.2) is 5.16 Å². The summed E-state index contributed by atoms with van der Waals surface area (Å²) in [5, 5.41) is 14.9. The Bertz CT molecular complexity index is 485. The van der Waals surface area contributed by atoms with E-state index in [-0.39, 0.29) is 21.1 Å². The number of aliphatic carboxylic acids is 1. The second kappa shape index (κ2) is 5.60. The number of carbonyl (C=O) groups is 2. The normalized spacial score (nSPS) is 11.1. The zero-order chi connectivity index (χ0) is 13.0. The summed E-state index contributed by atoms with van der Waals surface area (Å²) in [4.78, 5) is 30.1. The molecular formula is C8H8ClN3O4S. The molecule has 0 aliphatic rings. The lowest BCUT2D eigenvalue weighted by Crippen LogP contribution is -2.18. The predicted octanol–water partition coefficient (Wildman–Crippen LogP) is 1.19. The van der Waals surface area contributed by atoms with E-state index < -0.39 is 11.7 Å². The first kappa shape index (κ1) is 13.4. The van der Waals surface area contributed by atoms with Crippen molar-refractivity contribution in [1.82, 2.24) is 4.98 Å². The second-order valence-corrected chi connectivity index (χ2v) is 4.33. The molecule has 1 aromatic heterocycles. The molecule has 1 amide bonds. The van der Waals surface area contributed by atoms with Crippen LogP contribution in [0, 0.1) is 0 Å². The Morgan fingerprint density at radius 2 is 2.24 bits per heavy atom. The molecule has 2 N–H and O–H groups in total. The number of carboxylic acid groups (broad SMARTS) is 1. The molecule has 1 rings (SSSR count). The average molecular weight is 278 g/mol. The van der Waals surface area contributed by atoms with Gasteiger partial charge in [-0.1, -0.05) is 28.1 Å². The fraction of sp³-hybridized carbons (Fsp3) is 0.250. The van der Waals surface area contributed by atoms with Gasteiger partial charge in [0.15, 0.2) is 4.47 Å². The summed E-state index contributed by atoms with van der Waals surface area (Å²) < 4.78 is 0.0915. The first-order valence-electron chi connectivity index (χ1n) is 4.24. The number of hydrogen-bond donors (Lipinski definition) is 2. The monoisotopic (exact) mass is 277 g/mol. The van der Waals surface area contributed by atoms with Gasteiger partial charge in [0.05, 0.1) is 0 Å². The Labute approximate surface area is 105 Å². The number of rotatable bonds is 4. The lowest BCUT2D eigenvalue weighted by molar-refractivity contribution is -0.129. The molecule has 1 heterocycles. The van der Waals surface area contributed by atoms with Gasteiger partial charge >= 0.3 is 5.97 Å². The molecule has 0 fully saturated rings. The number of halogens is 1. The molecule has 0 spiro atoms. The highest BCUT2D eigenvalue weighted by Crippen LogP contribution is 2.28. The molecule has 0 unspecified atom stereocenters. The van der Waals surface area contributed by atoms with E-state index in [4.69, 9.17) is 16.7 Å². The lowest BCUT2D eigenvalue weighted by Gasteiger charge is -2.01. The van der Waals surface area contributed by atoms with Crippen LogP contribution in [-0.4, -0.2) is 34.8 Å². The summed E-state index contributed by atoms with van der Waals surface area (Å²) >= 11 is 6.60. The number of carboxylic acids is 1. The summed E-state index contributed by atoms with van der Waals surface area (Å²) in [6.45, 7) is 1.28. The van der Waals surface area contributed by atoms with Crippen LogP contribution in [0.3, 0.4) is 0 Å². The van der Waals surface area contributed by atoms with Gasteiger partial charge in [0, 0.05) is 6.92 Å². The zero-order valence-corrected chi connectivity index (χ0v) is 10.4. The number of carbonyl (C=O) groups excluding carboxylic acids is 1. The third-order valence-corrected chi connectivity index (χ3v) is 2.58. The number of amides is 1. The minimum atomic E-state index is -1.33. The SMILES string of the molecule is CON=C(C(=O)O)c1nc(Cl)sc1NC(C)=O. The van der Waals surface area contributed by atoms with E-state index in [2.05, 4.69) is 20.3 Å². The van der Waals surface area contributed by atoms with E-state index in [0.29, 0.717) is 0 Å². The van der Waals surface area contributed by atoms with Gasteiger partial charge in [0.2, 0.25) is 11.6 Å². The Balaban J connectivity index is 3.23. The highest BCUT2D eigenvalue weighted by Gasteiger charge is 2.23. The molecule has 0 bridgehead atoms. The maximum Gasteiger partial charge on any atom is 0.360 e. The Morgan fingerprint density at radius 1 is 1.59 bits per heavy atom. The van der Waals surface area contributed by atoms with E-state index >= 15 is 0 Å². The number of nitrogens with one attached hydrogen (secondary N) is 1. The fourth-order valence-corrected chi connectivity index (χ4v) is 2.03. The quantitative estimate of drug-likeness (QED) is 0.636. The van der Waals surface area contributed by atoms with E-state index in [1.807, 2.05) is 0 Å². The van der Waals surface area contributed by atoms with Crippen LogP contribution in [0.1, 0.15) is 12.6 Å². The highest BCUT2D eigenvalue weighted by atomic mass is 35.5. The fourth-order valence-electron chi connectivity index (χ4n) is 0.974. The Kier molecular flexibility index (Phi) is 4.41. The van der Waals surface area contributed by atoms with Gasteiger partial charge in [-0.05, 0) is 0 Å². The van der Waals surface area contributed by atoms with Crippen LogP contribution >= 0.6 is 22.9 Å². The topological polar surface area (TPSA) is 101 Å². The van der Waals surface area contributed by atoms with Crippen LogP contribution in [0.5, 0.6) is 0 Å². The summed E-state index contributed by atoms with van der Waals surface area (Å²) in [7, 11) is 1.20. The van der Waals surface area contributed by atoms with E-state index in [9.17, 15) is 9.59 Å². The van der Waals surface area contributed by atoms with Gasteiger partial charge in [-0.25, -0.2) is 9.78 Å². The average Bonchev–Trinajstić information content (AvgIpc) is 2.54. The molecule has 0 aliphatic heterocycles. The van der Waals surface area contributed by atoms with Crippen LogP contribution in [-0.2, 0) is 14.4 Å². The van der Waals surface area contributed by atoms with Crippen molar-refractivity contribution in [1.29, 1.82) is 0 Å². The largest absolute Gasteiger partial charge is 0.476 e. The third kappa shape index (κ3) is 3.40. The first-order chi connectivity index (χ1) is 7.95. The van der Waals surface area contributed by atoms with E-state index in [0.717, 1.165) is 11.3 Å². The summed E-state index contributed by atoms with van der Waals surface area (Å²) in [6.07, 6.45) is 0. The minimum Gasteiger partial charge on any atom is -0.476 e. The van der Waals surface area contributed by atoms with Crippen molar-refractivity contribution < 1.29 is 19.5 Å². The van der Waals surface area contributed by atoms with Crippen molar-refractivity contribution in [2.75, 3.05) is 12.4 Å². The van der Waals surface area contributed by atoms with Gasteiger partial charge < -0.3 is 15.3 Å². The molecule has 0 aliphatic carbocycles. The van der Waals surface area contributed by atoms with Gasteiger partial charge in [0.25, 0.3) is 0 Å². The van der Waals surface area contributed by atoms with Crippen molar-refractivity contribution in [3.8, 4) is 0 Å². The van der Waals surface area contributed by atoms with Crippen molar-refractivity contribution in [2.45, 2.75) is 6.92 Å². The summed E-state index contributed by atoms with van der Waals surface area (Å²) in [6, 6.07) is 0. The Morgan fingerprint density at radius 3 is 2.71 bits per heavy atom. The van der Waals surface area contributed by atoms with Gasteiger partial charge in [0.1, 0.15) is 17.8 Å². The number of aromatic nitrogens is 1. The Hall–Kier alpha value is -1.67. The molecule has 7 nitrogen and oxygen atoms in total. The maximum atomic E-state index is 10.9. The van der Waals surface area contributed by atoms with E-state index in [1.54, 1.807) is 0 Å². The molecule has 0 atom stereocenters. The number of anilines is 1. The molecule has 17 heavy (non-hydrogen) atoms. The molecule has 1 aromatic rings. The standard InChI is InChI=1S/C8H8ClN3O4S/c1-3(13)10-6-4(11-8(9)17-6)5(7(14)15)12-16-2/h1-2H3,(H,10,13)(H,14,15). The smallest absolute Gasteiger partial charge is 0.360 e. The molecule has 0 saturated carbocycles. The molecular weight excluding hydrogens is 270 g/mol. The molecule has 9 heteroatoms. The van der Waals surface area contributed by atoms with E-state index in [1.165, 1.54) is 14.0 Å². The molecule has 0 saturated heterocycles. The molecule has 0 radical (unpaired) electrons. The summed E-state index contributed by atoms with van der Waals surface area (Å²) in [5.74, 6) is -1.70. The van der Waals surface area contributed by atoms with Gasteiger partial charge in [-0.2, -0.15) is 0 Å². The second-order valence-electron chi connectivity index (χ2n) is 2.75. The predicted molar refractivity (Wildman–Crippen MR) is 62.6 cm³/mol. The minimum absolute atomic E-state index is 0.0375. The van der Waals surface area contributed by atoms with Crippen LogP contribution < -0.4 is 5.32 Å². The van der Waals surface area contributed by atoms with Gasteiger partial charge in [-0.3, -0.25) is 4.79 Å². The van der Waals surface area contributed by atoms with Crippen molar-refractivity contribution in [2.24, 2.45) is 5.16 Å². The van der Waals surface area contributed by atoms with Crippen LogP contribution in [0.4, 0.5) is 5.00 Å². The number of oxime groups is 1. The summed E-state index contributed by atoms with van der Waals surface area (Å²) in [5.41, 5.74) is -0.469. The molecule has 0 aromatic carbocycles. The third-order valence-electron chi connectivity index (χ3n) is 1.50. The van der Waals surface area contributed by atoms with Crippen molar-refractivity contribution >= 4 is 45.5 Å². The number of thiazole rings is 1. The van der Waals surface area contributed by atoms with Gasteiger partial charge in [-0.15, -0.1) is 0 Å². The zero-order valence-electron chi connectivity index (χ0n) is 8.85. The first-order valence-corrected chi connectivity index (χ1v) is 5.44. The highest BCUT2D eigenvalue weighted by molar-refractivity contribution is 7.20. The van der Waals surface area contributed by atoms with Crippen molar-refractivity contribution in [3.05, 3.63) is 10.2 Å². The van der Waals surface area contributed by atoms with Crippen LogP contribution in [0.25, 0.3) is 0 Å². The molecule has 92 valence electrons. The van der Waals surface area contributed by atoms with Crippen LogP contribution in [0.2, 0.25) is 4.47 Å².